The molecule has 0 bridgehead atoms. The van der Waals surface area contributed by atoms with Gasteiger partial charge in [0.05, 0.1) is 11.7 Å². The zero-order chi connectivity index (χ0) is 24.8. The van der Waals surface area contributed by atoms with Crippen LogP contribution in [0.15, 0.2) is 95.1 Å². The molecule has 0 atom stereocenters. The van der Waals surface area contributed by atoms with Crippen LogP contribution < -0.4 is 0 Å². The van der Waals surface area contributed by atoms with Crippen molar-refractivity contribution in [2.75, 3.05) is 20.1 Å². The van der Waals surface area contributed by atoms with Crippen molar-refractivity contribution in [1.82, 2.24) is 9.80 Å². The van der Waals surface area contributed by atoms with Crippen LogP contribution in [0.3, 0.4) is 0 Å². The fraction of sp³-hybridized carbons (Fsp3) is 0.241. The van der Waals surface area contributed by atoms with Crippen LogP contribution in [0.1, 0.15) is 36.1 Å². The summed E-state index contributed by atoms with van der Waals surface area (Å²) >= 11 is 0. The van der Waals surface area contributed by atoms with E-state index < -0.39 is 0 Å². The number of aldehydes is 1. The molecular weight excluding hydrogens is 438 g/mol. The first-order chi connectivity index (χ1) is 17.0. The van der Waals surface area contributed by atoms with Gasteiger partial charge < -0.3 is 15.1 Å². The van der Waals surface area contributed by atoms with Gasteiger partial charge in [-0.1, -0.05) is 66.7 Å². The van der Waals surface area contributed by atoms with Crippen molar-refractivity contribution >= 4 is 12.1 Å². The van der Waals surface area contributed by atoms with Gasteiger partial charge in [0, 0.05) is 38.7 Å². The largest absolute Gasteiger partial charge is 0.504 e. The quantitative estimate of drug-likeness (QED) is 0.223. The van der Waals surface area contributed by atoms with Crippen LogP contribution in [0.5, 0.6) is 11.5 Å². The summed E-state index contributed by atoms with van der Waals surface area (Å²) in [4.78, 5) is 21.2. The molecule has 0 aliphatic carbocycles. The summed E-state index contributed by atoms with van der Waals surface area (Å²) < 4.78 is 0. The van der Waals surface area contributed by atoms with E-state index in [1.165, 1.54) is 17.2 Å². The molecule has 0 saturated carbocycles. The maximum Gasteiger partial charge on any atom is 0.157 e. The molecule has 0 amide bonds. The zero-order valence-corrected chi connectivity index (χ0v) is 20.1. The molecular formula is C29H31N3O3. The van der Waals surface area contributed by atoms with E-state index >= 15 is 0 Å². The van der Waals surface area contributed by atoms with E-state index in [1.54, 1.807) is 12.1 Å². The SMILES string of the molecule is CC(=NC1=C(C=O)CN(Cc2ccc(O)c(O)c2)CC1)N(C)C(c1ccccc1)c1ccccc1. The van der Waals surface area contributed by atoms with Crippen molar-refractivity contribution in [3.8, 4) is 11.5 Å². The predicted molar refractivity (Wildman–Crippen MR) is 138 cm³/mol. The van der Waals surface area contributed by atoms with Gasteiger partial charge in [0.2, 0.25) is 0 Å². The Kier molecular flexibility index (Phi) is 7.63. The molecule has 1 heterocycles. The number of carbonyl (C=O) groups excluding carboxylic acids is 1. The smallest absolute Gasteiger partial charge is 0.157 e. The average Bonchev–Trinajstić information content (AvgIpc) is 2.88. The Balaban J connectivity index is 1.56. The monoisotopic (exact) mass is 469 g/mol. The number of aliphatic imine (C=N–C) groups is 1. The highest BCUT2D eigenvalue weighted by atomic mass is 16.3. The van der Waals surface area contributed by atoms with Gasteiger partial charge in [0.15, 0.2) is 11.5 Å². The Labute approximate surface area is 206 Å². The lowest BCUT2D eigenvalue weighted by atomic mass is 9.97. The third-order valence-corrected chi connectivity index (χ3v) is 6.44. The number of hydrogen-bond acceptors (Lipinski definition) is 5. The lowest BCUT2D eigenvalue weighted by molar-refractivity contribution is -0.105. The summed E-state index contributed by atoms with van der Waals surface area (Å²) in [5.74, 6) is 0.566. The van der Waals surface area contributed by atoms with Gasteiger partial charge in [0.25, 0.3) is 0 Å². The van der Waals surface area contributed by atoms with Crippen LogP contribution in [0.2, 0.25) is 0 Å². The lowest BCUT2D eigenvalue weighted by Gasteiger charge is -2.32. The molecule has 1 aliphatic rings. The van der Waals surface area contributed by atoms with Crippen LogP contribution in [-0.4, -0.2) is 52.3 Å². The van der Waals surface area contributed by atoms with E-state index in [0.29, 0.717) is 25.1 Å². The summed E-state index contributed by atoms with van der Waals surface area (Å²) in [6.07, 6.45) is 1.56. The van der Waals surface area contributed by atoms with Gasteiger partial charge in [-0.25, -0.2) is 4.99 Å². The summed E-state index contributed by atoms with van der Waals surface area (Å²) in [6.45, 7) is 3.79. The molecule has 6 nitrogen and oxygen atoms in total. The number of aromatic hydroxyl groups is 2. The first-order valence-electron chi connectivity index (χ1n) is 11.7. The van der Waals surface area contributed by atoms with Crippen molar-refractivity contribution in [2.24, 2.45) is 4.99 Å². The Morgan fingerprint density at radius 3 is 2.20 bits per heavy atom. The lowest BCUT2D eigenvalue weighted by Crippen LogP contribution is -2.33. The normalized spacial score (nSPS) is 14.9. The number of rotatable bonds is 7. The highest BCUT2D eigenvalue weighted by Gasteiger charge is 2.23. The molecule has 0 saturated heterocycles. The maximum atomic E-state index is 12.0. The second-order valence-corrected chi connectivity index (χ2v) is 8.87. The first kappa shape index (κ1) is 24.2. The fourth-order valence-electron chi connectivity index (χ4n) is 4.50. The van der Waals surface area contributed by atoms with Crippen molar-refractivity contribution < 1.29 is 15.0 Å². The van der Waals surface area contributed by atoms with Gasteiger partial charge >= 0.3 is 0 Å². The Bertz CT molecular complexity index is 1180. The number of hydrogen-bond donors (Lipinski definition) is 2. The highest BCUT2D eigenvalue weighted by molar-refractivity contribution is 5.83. The molecule has 3 aromatic rings. The molecule has 0 spiro atoms. The van der Waals surface area contributed by atoms with Crippen molar-refractivity contribution in [3.05, 3.63) is 107 Å². The molecule has 0 radical (unpaired) electrons. The second-order valence-electron chi connectivity index (χ2n) is 8.87. The molecule has 0 fully saturated rings. The molecule has 180 valence electrons. The molecule has 35 heavy (non-hydrogen) atoms. The topological polar surface area (TPSA) is 76.4 Å². The highest BCUT2D eigenvalue weighted by Crippen LogP contribution is 2.29. The molecule has 0 unspecified atom stereocenters. The number of benzene rings is 3. The number of nitrogens with zero attached hydrogens (tertiary/aromatic N) is 3. The van der Waals surface area contributed by atoms with Gasteiger partial charge in [-0.3, -0.25) is 9.69 Å². The Morgan fingerprint density at radius 1 is 1.00 bits per heavy atom. The van der Waals surface area contributed by atoms with E-state index in [2.05, 4.69) is 34.1 Å². The van der Waals surface area contributed by atoms with Gasteiger partial charge in [-0.15, -0.1) is 0 Å². The molecule has 4 rings (SSSR count). The second kappa shape index (κ2) is 11.0. The molecule has 6 heteroatoms. The molecule has 1 aliphatic heterocycles. The summed E-state index contributed by atoms with van der Waals surface area (Å²) in [5.41, 5.74) is 4.71. The van der Waals surface area contributed by atoms with E-state index in [-0.39, 0.29) is 17.5 Å². The summed E-state index contributed by atoms with van der Waals surface area (Å²) in [7, 11) is 2.04. The van der Waals surface area contributed by atoms with Crippen molar-refractivity contribution in [3.63, 3.8) is 0 Å². The van der Waals surface area contributed by atoms with Crippen LogP contribution in [0.4, 0.5) is 0 Å². The van der Waals surface area contributed by atoms with Gasteiger partial charge in [0.1, 0.15) is 12.1 Å². The standard InChI is InChI=1S/C29H31N3O3/c1-21(31(2)29(23-9-5-3-6-10-23)24-11-7-4-8-12-24)30-26-15-16-32(19-25(26)20-33)18-22-13-14-27(34)28(35)17-22/h3-14,17,20,29,34-35H,15-16,18-19H2,1-2H3. The van der Waals surface area contributed by atoms with Crippen LogP contribution >= 0.6 is 0 Å². The number of amidine groups is 1. The van der Waals surface area contributed by atoms with Crippen LogP contribution in [0.25, 0.3) is 0 Å². The van der Waals surface area contributed by atoms with E-state index in [0.717, 1.165) is 29.9 Å². The molecule has 3 aromatic carbocycles. The summed E-state index contributed by atoms with van der Waals surface area (Å²) in [5, 5.41) is 19.3. The molecule has 0 aromatic heterocycles. The minimum atomic E-state index is -0.138. The zero-order valence-electron chi connectivity index (χ0n) is 20.1. The minimum Gasteiger partial charge on any atom is -0.504 e. The first-order valence-corrected chi connectivity index (χ1v) is 11.7. The van der Waals surface area contributed by atoms with Gasteiger partial charge in [-0.2, -0.15) is 0 Å². The van der Waals surface area contributed by atoms with E-state index in [9.17, 15) is 15.0 Å². The van der Waals surface area contributed by atoms with Crippen molar-refractivity contribution in [1.29, 1.82) is 0 Å². The Morgan fingerprint density at radius 2 is 1.63 bits per heavy atom. The third kappa shape index (κ3) is 5.78. The van der Waals surface area contributed by atoms with Crippen LogP contribution in [-0.2, 0) is 11.3 Å². The van der Waals surface area contributed by atoms with Crippen LogP contribution in [0, 0.1) is 0 Å². The van der Waals surface area contributed by atoms with E-state index in [1.807, 2.05) is 50.4 Å². The summed E-state index contributed by atoms with van der Waals surface area (Å²) in [6, 6.07) is 25.5. The predicted octanol–water partition coefficient (Wildman–Crippen LogP) is 4.90. The third-order valence-electron chi connectivity index (χ3n) is 6.44. The number of phenolic OH excluding ortho intramolecular Hbond substituents is 2. The van der Waals surface area contributed by atoms with E-state index in [4.69, 9.17) is 4.99 Å². The minimum absolute atomic E-state index is 0.00342. The number of carbonyl (C=O) groups is 1. The number of phenols is 2. The van der Waals surface area contributed by atoms with Crippen molar-refractivity contribution in [2.45, 2.75) is 25.9 Å². The average molecular weight is 470 g/mol. The molecule has 2 N–H and O–H groups in total. The van der Waals surface area contributed by atoms with Gasteiger partial charge in [-0.05, 0) is 35.7 Å². The Hall–Kier alpha value is -3.90. The fourth-order valence-corrected chi connectivity index (χ4v) is 4.50. The maximum absolute atomic E-state index is 12.0.